The van der Waals surface area contributed by atoms with Gasteiger partial charge in [0.1, 0.15) is 0 Å². The number of nitrogens with one attached hydrogen (secondary N) is 2. The minimum Gasteiger partial charge on any atom is -0.396 e. The molecule has 0 unspecified atom stereocenters. The first-order chi connectivity index (χ1) is 10.0. The van der Waals surface area contributed by atoms with E-state index in [0.717, 1.165) is 0 Å². The van der Waals surface area contributed by atoms with Crippen LogP contribution in [0.4, 0.5) is 36.8 Å². The van der Waals surface area contributed by atoms with Crippen LogP contribution in [0.2, 0.25) is 0 Å². The number of halogens is 6. The zero-order valence-electron chi connectivity index (χ0n) is 11.0. The van der Waals surface area contributed by atoms with Crippen LogP contribution in [0.5, 0.6) is 0 Å². The zero-order valence-corrected chi connectivity index (χ0v) is 11.0. The Morgan fingerprint density at radius 1 is 1.00 bits per heavy atom. The van der Waals surface area contributed by atoms with E-state index in [1.165, 1.54) is 0 Å². The quantitative estimate of drug-likeness (QED) is 0.586. The molecule has 124 valence electrons. The van der Waals surface area contributed by atoms with E-state index in [1.807, 2.05) is 5.32 Å². The van der Waals surface area contributed by atoms with Crippen LogP contribution in [0.25, 0.3) is 0 Å². The van der Waals surface area contributed by atoms with E-state index in [1.54, 1.807) is 0 Å². The van der Waals surface area contributed by atoms with Gasteiger partial charge in [-0.05, 0) is 24.6 Å². The summed E-state index contributed by atoms with van der Waals surface area (Å²) in [5.74, 6) is 0. The van der Waals surface area contributed by atoms with Gasteiger partial charge in [0.15, 0.2) is 0 Å². The molecule has 0 atom stereocenters. The van der Waals surface area contributed by atoms with Crippen LogP contribution in [0.3, 0.4) is 0 Å². The normalized spacial score (nSPS) is 12.1. The lowest BCUT2D eigenvalue weighted by Crippen LogP contribution is -2.30. The Labute approximate surface area is 121 Å². The smallest absolute Gasteiger partial charge is 0.396 e. The summed E-state index contributed by atoms with van der Waals surface area (Å²) in [5, 5.41) is 12.6. The molecule has 0 saturated carbocycles. The molecule has 0 bridgehead atoms. The highest BCUT2D eigenvalue weighted by Gasteiger charge is 2.37. The molecule has 1 rings (SSSR count). The monoisotopic (exact) mass is 330 g/mol. The third kappa shape index (κ3) is 5.43. The van der Waals surface area contributed by atoms with Crippen molar-refractivity contribution in [1.82, 2.24) is 5.32 Å². The Morgan fingerprint density at radius 2 is 1.50 bits per heavy atom. The van der Waals surface area contributed by atoms with Gasteiger partial charge >= 0.3 is 18.4 Å². The van der Waals surface area contributed by atoms with Crippen molar-refractivity contribution in [3.63, 3.8) is 0 Å². The predicted octanol–water partition coefficient (Wildman–Crippen LogP) is 3.23. The molecule has 0 aliphatic heterocycles. The number of hydrogen-bond donors (Lipinski definition) is 3. The number of urea groups is 1. The van der Waals surface area contributed by atoms with E-state index in [-0.39, 0.29) is 25.6 Å². The fourth-order valence-corrected chi connectivity index (χ4v) is 1.48. The molecule has 0 fully saturated rings. The van der Waals surface area contributed by atoms with E-state index in [2.05, 4.69) is 5.32 Å². The highest BCUT2D eigenvalue weighted by molar-refractivity contribution is 5.89. The number of rotatable bonds is 4. The fraction of sp³-hybridized carbons (Fsp3) is 0.417. The molecule has 0 radical (unpaired) electrons. The Morgan fingerprint density at radius 3 is 1.91 bits per heavy atom. The Hall–Kier alpha value is -1.97. The SMILES string of the molecule is O=C(NCCCO)Nc1cc(C(F)(F)F)cc(C(F)(F)F)c1. The van der Waals surface area contributed by atoms with Crippen molar-refractivity contribution in [2.45, 2.75) is 18.8 Å². The number of aliphatic hydroxyl groups is 1. The Kier molecular flexibility index (Phi) is 5.64. The van der Waals surface area contributed by atoms with Gasteiger partial charge in [-0.15, -0.1) is 0 Å². The van der Waals surface area contributed by atoms with E-state index in [9.17, 15) is 31.1 Å². The molecule has 22 heavy (non-hydrogen) atoms. The number of carbonyl (C=O) groups is 1. The second kappa shape index (κ2) is 6.86. The molecule has 0 aliphatic carbocycles. The number of amides is 2. The molecule has 3 N–H and O–H groups in total. The van der Waals surface area contributed by atoms with Gasteiger partial charge in [0.05, 0.1) is 11.1 Å². The molecule has 10 heteroatoms. The van der Waals surface area contributed by atoms with Crippen molar-refractivity contribution in [2.75, 3.05) is 18.5 Å². The van der Waals surface area contributed by atoms with Gasteiger partial charge in [-0.25, -0.2) is 4.79 Å². The van der Waals surface area contributed by atoms with Crippen molar-refractivity contribution in [1.29, 1.82) is 0 Å². The Balaban J connectivity index is 3.01. The van der Waals surface area contributed by atoms with Gasteiger partial charge in [-0.3, -0.25) is 0 Å². The second-order valence-electron chi connectivity index (χ2n) is 4.25. The van der Waals surface area contributed by atoms with Crippen molar-refractivity contribution < 1.29 is 36.2 Å². The fourth-order valence-electron chi connectivity index (χ4n) is 1.48. The third-order valence-electron chi connectivity index (χ3n) is 2.47. The largest absolute Gasteiger partial charge is 0.416 e. The van der Waals surface area contributed by atoms with Crippen molar-refractivity contribution in [3.8, 4) is 0 Å². The minimum atomic E-state index is -4.98. The first kappa shape index (κ1) is 18.1. The molecule has 0 spiro atoms. The van der Waals surface area contributed by atoms with Crippen LogP contribution in [0.15, 0.2) is 18.2 Å². The summed E-state index contributed by atoms with van der Waals surface area (Å²) in [4.78, 5) is 11.3. The maximum absolute atomic E-state index is 12.6. The van der Waals surface area contributed by atoms with Crippen LogP contribution < -0.4 is 10.6 Å². The zero-order chi connectivity index (χ0) is 17.0. The molecule has 1 aromatic rings. The topological polar surface area (TPSA) is 61.4 Å². The third-order valence-corrected chi connectivity index (χ3v) is 2.47. The van der Waals surface area contributed by atoms with Crippen LogP contribution in [-0.4, -0.2) is 24.3 Å². The second-order valence-corrected chi connectivity index (χ2v) is 4.25. The van der Waals surface area contributed by atoms with Gasteiger partial charge in [0.2, 0.25) is 0 Å². The molecule has 0 saturated heterocycles. The van der Waals surface area contributed by atoms with E-state index >= 15 is 0 Å². The summed E-state index contributed by atoms with van der Waals surface area (Å²) in [5.41, 5.74) is -3.68. The van der Waals surface area contributed by atoms with Crippen LogP contribution in [-0.2, 0) is 12.4 Å². The van der Waals surface area contributed by atoms with E-state index < -0.39 is 35.2 Å². The predicted molar refractivity (Wildman–Crippen MR) is 65.2 cm³/mol. The molecule has 4 nitrogen and oxygen atoms in total. The number of alkyl halides is 6. The maximum Gasteiger partial charge on any atom is 0.416 e. The summed E-state index contributed by atoms with van der Waals surface area (Å²) in [6.45, 7) is -0.199. The Bertz CT molecular complexity index is 495. The van der Waals surface area contributed by atoms with Crippen molar-refractivity contribution in [3.05, 3.63) is 29.3 Å². The van der Waals surface area contributed by atoms with Crippen LogP contribution >= 0.6 is 0 Å². The van der Waals surface area contributed by atoms with E-state index in [4.69, 9.17) is 5.11 Å². The summed E-state index contributed by atoms with van der Waals surface area (Å²) < 4.78 is 75.6. The molecule has 0 aromatic heterocycles. The maximum atomic E-state index is 12.6. The first-order valence-electron chi connectivity index (χ1n) is 5.99. The minimum absolute atomic E-state index is 0.0213. The first-order valence-corrected chi connectivity index (χ1v) is 5.99. The lowest BCUT2D eigenvalue weighted by molar-refractivity contribution is -0.143. The summed E-state index contributed by atoms with van der Waals surface area (Å²) >= 11 is 0. The number of hydrogen-bond acceptors (Lipinski definition) is 2. The van der Waals surface area contributed by atoms with Gasteiger partial charge in [-0.1, -0.05) is 0 Å². The van der Waals surface area contributed by atoms with Crippen LogP contribution in [0, 0.1) is 0 Å². The average Bonchev–Trinajstić information content (AvgIpc) is 2.36. The van der Waals surface area contributed by atoms with Crippen molar-refractivity contribution >= 4 is 11.7 Å². The number of benzene rings is 1. The molecule has 2 amide bonds. The summed E-state index contributed by atoms with van der Waals surface area (Å²) in [6, 6.07) is -0.197. The lowest BCUT2D eigenvalue weighted by Gasteiger charge is -2.15. The number of anilines is 1. The van der Waals surface area contributed by atoms with Crippen LogP contribution in [0.1, 0.15) is 17.5 Å². The number of aliphatic hydroxyl groups excluding tert-OH is 1. The van der Waals surface area contributed by atoms with Crippen molar-refractivity contribution in [2.24, 2.45) is 0 Å². The highest BCUT2D eigenvalue weighted by Crippen LogP contribution is 2.37. The van der Waals surface area contributed by atoms with Gasteiger partial charge in [-0.2, -0.15) is 26.3 Å². The molecular weight excluding hydrogens is 318 g/mol. The number of carbonyl (C=O) groups excluding carboxylic acids is 1. The molecular formula is C12H12F6N2O2. The molecule has 0 aliphatic rings. The summed E-state index contributed by atoms with van der Waals surface area (Å²) in [7, 11) is 0. The summed E-state index contributed by atoms with van der Waals surface area (Å²) in [6.07, 6.45) is -9.76. The van der Waals surface area contributed by atoms with Gasteiger partial charge in [0.25, 0.3) is 0 Å². The molecule has 0 heterocycles. The standard InChI is InChI=1S/C12H12F6N2O2/c13-11(14,15)7-4-8(12(16,17)18)6-9(5-7)20-10(22)19-2-1-3-21/h4-6,21H,1-3H2,(H2,19,20,22). The molecule has 1 aromatic carbocycles. The van der Waals surface area contributed by atoms with Gasteiger partial charge in [0, 0.05) is 18.8 Å². The lowest BCUT2D eigenvalue weighted by atomic mass is 10.1. The van der Waals surface area contributed by atoms with Gasteiger partial charge < -0.3 is 15.7 Å². The highest BCUT2D eigenvalue weighted by atomic mass is 19.4. The van der Waals surface area contributed by atoms with E-state index in [0.29, 0.717) is 12.1 Å². The average molecular weight is 330 g/mol.